The molecule has 0 aliphatic heterocycles. The van der Waals surface area contributed by atoms with Crippen molar-refractivity contribution in [3.63, 3.8) is 0 Å². The molecule has 6 heteroatoms. The number of nitrogens with zero attached hydrogens (tertiary/aromatic N) is 2. The summed E-state index contributed by atoms with van der Waals surface area (Å²) in [6, 6.07) is 35.9. The van der Waals surface area contributed by atoms with Crippen molar-refractivity contribution in [2.24, 2.45) is 0 Å². The van der Waals surface area contributed by atoms with E-state index >= 15 is 0 Å². The van der Waals surface area contributed by atoms with Gasteiger partial charge in [0.25, 0.3) is 0 Å². The van der Waals surface area contributed by atoms with E-state index in [1.807, 2.05) is 109 Å². The first-order chi connectivity index (χ1) is 17.5. The van der Waals surface area contributed by atoms with E-state index in [9.17, 15) is 9.59 Å². The van der Waals surface area contributed by atoms with Crippen LogP contribution in [0.3, 0.4) is 0 Å². The van der Waals surface area contributed by atoms with Crippen molar-refractivity contribution in [2.45, 2.75) is 36.7 Å². The summed E-state index contributed by atoms with van der Waals surface area (Å²) in [5.41, 5.74) is 3.89. The van der Waals surface area contributed by atoms with Crippen molar-refractivity contribution in [3.8, 4) is 0 Å². The SMILES string of the molecule is CC(=O)N(Cc1ccccc1)c1ccccc1SSc1ccccc1N(Cc1ccccc1)C(C)=O. The minimum Gasteiger partial charge on any atom is -0.307 e. The first-order valence-electron chi connectivity index (χ1n) is 11.7. The van der Waals surface area contributed by atoms with E-state index < -0.39 is 0 Å². The number of para-hydroxylation sites is 2. The number of hydrogen-bond acceptors (Lipinski definition) is 4. The molecular weight excluding hydrogens is 484 g/mol. The number of amides is 2. The highest BCUT2D eigenvalue weighted by Crippen LogP contribution is 2.45. The first kappa shape index (κ1) is 25.6. The van der Waals surface area contributed by atoms with E-state index in [1.54, 1.807) is 45.2 Å². The topological polar surface area (TPSA) is 40.6 Å². The third-order valence-corrected chi connectivity index (χ3v) is 8.12. The molecule has 36 heavy (non-hydrogen) atoms. The molecule has 4 aromatic rings. The Morgan fingerprint density at radius 1 is 0.528 bits per heavy atom. The molecule has 0 heterocycles. The van der Waals surface area contributed by atoms with E-state index in [-0.39, 0.29) is 11.8 Å². The summed E-state index contributed by atoms with van der Waals surface area (Å²) in [7, 11) is 3.18. The molecule has 0 fully saturated rings. The van der Waals surface area contributed by atoms with Crippen molar-refractivity contribution in [3.05, 3.63) is 120 Å². The maximum absolute atomic E-state index is 12.6. The fraction of sp³-hybridized carbons (Fsp3) is 0.133. The Morgan fingerprint density at radius 2 is 0.861 bits per heavy atom. The van der Waals surface area contributed by atoms with E-state index in [4.69, 9.17) is 0 Å². The van der Waals surface area contributed by atoms with Crippen LogP contribution in [0.2, 0.25) is 0 Å². The van der Waals surface area contributed by atoms with Crippen molar-refractivity contribution in [1.29, 1.82) is 0 Å². The minimum atomic E-state index is -0.0112. The van der Waals surface area contributed by atoms with Gasteiger partial charge in [-0.2, -0.15) is 0 Å². The van der Waals surface area contributed by atoms with Gasteiger partial charge in [-0.1, -0.05) is 107 Å². The van der Waals surface area contributed by atoms with Gasteiger partial charge < -0.3 is 9.80 Å². The van der Waals surface area contributed by atoms with Crippen LogP contribution in [0.1, 0.15) is 25.0 Å². The zero-order valence-corrected chi connectivity index (χ0v) is 22.0. The molecule has 0 N–H and O–H groups in total. The molecule has 0 unspecified atom stereocenters. The molecule has 0 radical (unpaired) electrons. The van der Waals surface area contributed by atoms with E-state index in [0.717, 1.165) is 32.3 Å². The van der Waals surface area contributed by atoms with E-state index in [0.29, 0.717) is 13.1 Å². The monoisotopic (exact) mass is 512 g/mol. The summed E-state index contributed by atoms with van der Waals surface area (Å²) in [6.07, 6.45) is 0. The Bertz CT molecular complexity index is 1210. The summed E-state index contributed by atoms with van der Waals surface area (Å²) in [5.74, 6) is -0.0224. The number of carbonyl (C=O) groups is 2. The fourth-order valence-corrected chi connectivity index (χ4v) is 6.21. The second-order valence-electron chi connectivity index (χ2n) is 8.28. The smallest absolute Gasteiger partial charge is 0.224 e. The van der Waals surface area contributed by atoms with Crippen molar-refractivity contribution >= 4 is 44.8 Å². The zero-order chi connectivity index (χ0) is 25.3. The van der Waals surface area contributed by atoms with Gasteiger partial charge in [-0.25, -0.2) is 0 Å². The quantitative estimate of drug-likeness (QED) is 0.217. The van der Waals surface area contributed by atoms with Crippen LogP contribution < -0.4 is 9.80 Å². The van der Waals surface area contributed by atoms with Gasteiger partial charge in [-0.05, 0) is 35.4 Å². The molecule has 0 aliphatic rings. The molecule has 0 atom stereocenters. The second-order valence-corrected chi connectivity index (χ2v) is 10.5. The van der Waals surface area contributed by atoms with Crippen LogP contribution in [0.25, 0.3) is 0 Å². The second kappa shape index (κ2) is 12.5. The third kappa shape index (κ3) is 6.59. The van der Waals surface area contributed by atoms with Gasteiger partial charge in [-0.3, -0.25) is 9.59 Å². The summed E-state index contributed by atoms with van der Waals surface area (Å²) < 4.78 is 0. The highest BCUT2D eigenvalue weighted by atomic mass is 33.1. The molecule has 0 aliphatic carbocycles. The molecule has 4 nitrogen and oxygen atoms in total. The molecule has 0 bridgehead atoms. The molecule has 4 aromatic carbocycles. The number of rotatable bonds is 9. The summed E-state index contributed by atoms with van der Waals surface area (Å²) in [4.78, 5) is 30.9. The highest BCUT2D eigenvalue weighted by Gasteiger charge is 2.19. The Balaban J connectivity index is 1.58. The molecular formula is C30H28N2O2S2. The Morgan fingerprint density at radius 3 is 1.22 bits per heavy atom. The van der Waals surface area contributed by atoms with Crippen LogP contribution >= 0.6 is 21.6 Å². The predicted octanol–water partition coefficient (Wildman–Crippen LogP) is 7.59. The lowest BCUT2D eigenvalue weighted by atomic mass is 10.2. The molecule has 0 spiro atoms. The van der Waals surface area contributed by atoms with Gasteiger partial charge in [-0.15, -0.1) is 0 Å². The highest BCUT2D eigenvalue weighted by molar-refractivity contribution is 8.76. The molecule has 0 saturated carbocycles. The standard InChI is InChI=1S/C30H28N2O2S2/c1-23(33)31(21-25-13-5-3-6-14-25)27-17-9-11-19-29(27)35-36-30-20-12-10-18-28(30)32(24(2)34)22-26-15-7-4-8-16-26/h3-20H,21-22H2,1-2H3. The summed E-state index contributed by atoms with van der Waals surface area (Å²) >= 11 is 0. The van der Waals surface area contributed by atoms with Gasteiger partial charge in [0.05, 0.1) is 24.5 Å². The van der Waals surface area contributed by atoms with Crippen LogP contribution in [0.5, 0.6) is 0 Å². The van der Waals surface area contributed by atoms with Gasteiger partial charge in [0, 0.05) is 23.6 Å². The largest absolute Gasteiger partial charge is 0.307 e. The average molecular weight is 513 g/mol. The fourth-order valence-electron chi connectivity index (χ4n) is 3.86. The number of benzene rings is 4. The van der Waals surface area contributed by atoms with Crippen LogP contribution in [-0.4, -0.2) is 11.8 Å². The average Bonchev–Trinajstić information content (AvgIpc) is 2.90. The zero-order valence-electron chi connectivity index (χ0n) is 20.3. The molecule has 0 aromatic heterocycles. The predicted molar refractivity (Wildman–Crippen MR) is 151 cm³/mol. The van der Waals surface area contributed by atoms with Crippen LogP contribution in [0.15, 0.2) is 119 Å². The van der Waals surface area contributed by atoms with Crippen molar-refractivity contribution < 1.29 is 9.59 Å². The van der Waals surface area contributed by atoms with Gasteiger partial charge in [0.15, 0.2) is 0 Å². The summed E-state index contributed by atoms with van der Waals surface area (Å²) in [6.45, 7) is 4.21. The van der Waals surface area contributed by atoms with E-state index in [1.165, 1.54) is 0 Å². The van der Waals surface area contributed by atoms with Gasteiger partial charge in [0.1, 0.15) is 0 Å². The lowest BCUT2D eigenvalue weighted by Crippen LogP contribution is -2.28. The molecule has 2 amide bonds. The third-order valence-electron chi connectivity index (χ3n) is 5.66. The lowest BCUT2D eigenvalue weighted by Gasteiger charge is -2.25. The first-order valence-corrected chi connectivity index (χ1v) is 13.8. The number of hydrogen-bond donors (Lipinski definition) is 0. The molecule has 182 valence electrons. The maximum atomic E-state index is 12.6. The van der Waals surface area contributed by atoms with E-state index in [2.05, 4.69) is 0 Å². The Labute approximate surface area is 220 Å². The minimum absolute atomic E-state index is 0.0112. The number of carbonyl (C=O) groups excluding carboxylic acids is 2. The molecule has 4 rings (SSSR count). The van der Waals surface area contributed by atoms with Crippen LogP contribution in [0, 0.1) is 0 Å². The maximum Gasteiger partial charge on any atom is 0.224 e. The van der Waals surface area contributed by atoms with Crippen molar-refractivity contribution in [1.82, 2.24) is 0 Å². The Kier molecular flexibility index (Phi) is 8.87. The normalized spacial score (nSPS) is 10.6. The van der Waals surface area contributed by atoms with Gasteiger partial charge >= 0.3 is 0 Å². The van der Waals surface area contributed by atoms with Crippen LogP contribution in [-0.2, 0) is 22.7 Å². The van der Waals surface area contributed by atoms with Crippen LogP contribution in [0.4, 0.5) is 11.4 Å². The lowest BCUT2D eigenvalue weighted by molar-refractivity contribution is -0.117. The van der Waals surface area contributed by atoms with Gasteiger partial charge in [0.2, 0.25) is 11.8 Å². The number of anilines is 2. The summed E-state index contributed by atoms with van der Waals surface area (Å²) in [5, 5.41) is 0. The van der Waals surface area contributed by atoms with Crippen molar-refractivity contribution in [2.75, 3.05) is 9.80 Å². The molecule has 0 saturated heterocycles. The Hall–Kier alpha value is -3.48.